The van der Waals surface area contributed by atoms with E-state index in [1.54, 1.807) is 17.0 Å². The molecule has 0 radical (unpaired) electrons. The number of carbonyl (C=O) groups is 1. The number of benzene rings is 2. The molecule has 0 atom stereocenters. The Morgan fingerprint density at radius 2 is 1.88 bits per heavy atom. The molecular formula is C24H30F3N3O2. The van der Waals surface area contributed by atoms with Gasteiger partial charge in [-0.25, -0.2) is 13.6 Å². The minimum Gasteiger partial charge on any atom is -0.494 e. The first-order chi connectivity index (χ1) is 15.5. The molecule has 5 nitrogen and oxygen atoms in total. The number of halogens is 3. The van der Waals surface area contributed by atoms with E-state index >= 15 is 0 Å². The molecule has 1 aliphatic heterocycles. The van der Waals surface area contributed by atoms with Gasteiger partial charge in [0.05, 0.1) is 19.8 Å². The maximum Gasteiger partial charge on any atom is 0.318 e. The number of hydrogen-bond acceptors (Lipinski definition) is 3. The largest absolute Gasteiger partial charge is 0.494 e. The predicted octanol–water partition coefficient (Wildman–Crippen LogP) is 4.51. The van der Waals surface area contributed by atoms with Crippen LogP contribution >= 0.6 is 0 Å². The Labute approximate surface area is 187 Å². The van der Waals surface area contributed by atoms with Gasteiger partial charge in [-0.1, -0.05) is 18.2 Å². The SMILES string of the molecule is CN1CCC(N(Cc2ccc(F)cc2F)C(=O)NCc2ccc(OCCCF)cc2)CC1. The van der Waals surface area contributed by atoms with Crippen LogP contribution in [-0.2, 0) is 13.1 Å². The summed E-state index contributed by atoms with van der Waals surface area (Å²) in [4.78, 5) is 16.9. The predicted molar refractivity (Wildman–Crippen MR) is 117 cm³/mol. The maximum atomic E-state index is 14.3. The number of likely N-dealkylation sites (tertiary alicyclic amines) is 1. The zero-order valence-electron chi connectivity index (χ0n) is 18.3. The number of carbonyl (C=O) groups excluding carboxylic acids is 1. The number of rotatable bonds is 9. The third-order valence-electron chi connectivity index (χ3n) is 5.66. The molecule has 8 heteroatoms. The van der Waals surface area contributed by atoms with Gasteiger partial charge < -0.3 is 19.9 Å². The lowest BCUT2D eigenvalue weighted by Crippen LogP contribution is -2.49. The average molecular weight is 450 g/mol. The smallest absolute Gasteiger partial charge is 0.318 e. The van der Waals surface area contributed by atoms with Crippen molar-refractivity contribution in [2.75, 3.05) is 33.4 Å². The van der Waals surface area contributed by atoms with Gasteiger partial charge in [-0.3, -0.25) is 4.39 Å². The highest BCUT2D eigenvalue weighted by Gasteiger charge is 2.27. The van der Waals surface area contributed by atoms with Crippen LogP contribution in [0.15, 0.2) is 42.5 Å². The number of hydrogen-bond donors (Lipinski definition) is 1. The highest BCUT2D eigenvalue weighted by atomic mass is 19.1. The summed E-state index contributed by atoms with van der Waals surface area (Å²) in [6.07, 6.45) is 1.93. The van der Waals surface area contributed by atoms with E-state index in [1.807, 2.05) is 19.2 Å². The van der Waals surface area contributed by atoms with E-state index in [1.165, 1.54) is 12.1 Å². The first kappa shape index (κ1) is 23.9. The van der Waals surface area contributed by atoms with Crippen LogP contribution in [0.25, 0.3) is 0 Å². The summed E-state index contributed by atoms with van der Waals surface area (Å²) in [5.74, 6) is -0.647. The highest BCUT2D eigenvalue weighted by Crippen LogP contribution is 2.21. The zero-order valence-corrected chi connectivity index (χ0v) is 18.3. The van der Waals surface area contributed by atoms with Crippen LogP contribution in [0.1, 0.15) is 30.4 Å². The molecule has 0 bridgehead atoms. The van der Waals surface area contributed by atoms with E-state index in [9.17, 15) is 18.0 Å². The van der Waals surface area contributed by atoms with Gasteiger partial charge in [-0.15, -0.1) is 0 Å². The molecule has 0 aromatic heterocycles. The molecule has 0 aliphatic carbocycles. The summed E-state index contributed by atoms with van der Waals surface area (Å²) < 4.78 is 45.2. The van der Waals surface area contributed by atoms with E-state index in [4.69, 9.17) is 4.74 Å². The van der Waals surface area contributed by atoms with Crippen molar-refractivity contribution in [1.82, 2.24) is 15.1 Å². The summed E-state index contributed by atoms with van der Waals surface area (Å²) in [6.45, 7) is 1.98. The maximum absolute atomic E-state index is 14.3. The molecule has 3 rings (SSSR count). The van der Waals surface area contributed by atoms with Gasteiger partial charge in [-0.05, 0) is 56.7 Å². The molecule has 1 N–H and O–H groups in total. The van der Waals surface area contributed by atoms with Gasteiger partial charge in [-0.2, -0.15) is 0 Å². The second kappa shape index (κ2) is 11.8. The quantitative estimate of drug-likeness (QED) is 0.573. The Morgan fingerprint density at radius 1 is 1.16 bits per heavy atom. The molecule has 0 unspecified atom stereocenters. The normalized spacial score (nSPS) is 14.9. The summed E-state index contributed by atoms with van der Waals surface area (Å²) in [7, 11) is 2.03. The fraction of sp³-hybridized carbons (Fsp3) is 0.458. The van der Waals surface area contributed by atoms with Crippen molar-refractivity contribution < 1.29 is 22.7 Å². The third-order valence-corrected chi connectivity index (χ3v) is 5.66. The molecule has 32 heavy (non-hydrogen) atoms. The minimum absolute atomic E-state index is 0.0260. The van der Waals surface area contributed by atoms with Crippen LogP contribution in [0.5, 0.6) is 5.75 Å². The molecule has 1 aliphatic rings. The number of ether oxygens (including phenoxy) is 1. The molecule has 0 saturated carbocycles. The van der Waals surface area contributed by atoms with Crippen LogP contribution < -0.4 is 10.1 Å². The number of amides is 2. The summed E-state index contributed by atoms with van der Waals surface area (Å²) in [5.41, 5.74) is 1.17. The summed E-state index contributed by atoms with van der Waals surface area (Å²) in [6, 6.07) is 10.4. The Morgan fingerprint density at radius 3 is 2.53 bits per heavy atom. The molecule has 174 valence electrons. The van der Waals surface area contributed by atoms with Gasteiger partial charge >= 0.3 is 6.03 Å². The van der Waals surface area contributed by atoms with Crippen molar-refractivity contribution in [2.45, 2.75) is 38.4 Å². The van der Waals surface area contributed by atoms with Crippen LogP contribution in [0.4, 0.5) is 18.0 Å². The van der Waals surface area contributed by atoms with Crippen molar-refractivity contribution in [3.05, 3.63) is 65.2 Å². The van der Waals surface area contributed by atoms with E-state index in [0.29, 0.717) is 25.3 Å². The van der Waals surface area contributed by atoms with E-state index in [-0.39, 0.29) is 24.2 Å². The van der Waals surface area contributed by atoms with Gasteiger partial charge in [0.1, 0.15) is 17.4 Å². The molecule has 2 aromatic carbocycles. The number of alkyl halides is 1. The topological polar surface area (TPSA) is 44.8 Å². The Balaban J connectivity index is 1.64. The first-order valence-corrected chi connectivity index (χ1v) is 10.9. The number of urea groups is 1. The van der Waals surface area contributed by atoms with Crippen LogP contribution in [0.3, 0.4) is 0 Å². The first-order valence-electron chi connectivity index (χ1n) is 10.9. The lowest BCUT2D eigenvalue weighted by molar-refractivity contribution is 0.126. The average Bonchev–Trinajstić information content (AvgIpc) is 2.79. The van der Waals surface area contributed by atoms with E-state index in [2.05, 4.69) is 10.2 Å². The molecule has 1 fully saturated rings. The number of nitrogens with one attached hydrogen (secondary N) is 1. The number of nitrogens with zero attached hydrogens (tertiary/aromatic N) is 2. The van der Waals surface area contributed by atoms with Gasteiger partial charge in [0.15, 0.2) is 0 Å². The lowest BCUT2D eigenvalue weighted by Gasteiger charge is -2.37. The van der Waals surface area contributed by atoms with Crippen molar-refractivity contribution in [3.8, 4) is 5.75 Å². The Hall–Kier alpha value is -2.74. The van der Waals surface area contributed by atoms with Crippen molar-refractivity contribution in [1.29, 1.82) is 0 Å². The van der Waals surface area contributed by atoms with Gasteiger partial charge in [0.2, 0.25) is 0 Å². The number of piperidine rings is 1. The second-order valence-corrected chi connectivity index (χ2v) is 8.09. The van der Waals surface area contributed by atoms with Gasteiger partial charge in [0, 0.05) is 30.6 Å². The van der Waals surface area contributed by atoms with Gasteiger partial charge in [0.25, 0.3) is 0 Å². The molecular weight excluding hydrogens is 419 g/mol. The molecule has 1 saturated heterocycles. The standard InChI is InChI=1S/C24H30F3N3O2/c1-29-12-9-21(10-13-29)30(17-19-5-6-20(26)15-23(19)27)24(31)28-16-18-3-7-22(8-4-18)32-14-2-11-25/h3-8,15,21H,2,9-14,16-17H2,1H3,(H,28,31). The summed E-state index contributed by atoms with van der Waals surface area (Å²) >= 11 is 0. The molecule has 2 amide bonds. The Kier molecular flexibility index (Phi) is 8.79. The summed E-state index contributed by atoms with van der Waals surface area (Å²) in [5, 5.41) is 2.92. The lowest BCUT2D eigenvalue weighted by atomic mass is 10.0. The van der Waals surface area contributed by atoms with Crippen molar-refractivity contribution in [3.63, 3.8) is 0 Å². The van der Waals surface area contributed by atoms with Crippen molar-refractivity contribution in [2.24, 2.45) is 0 Å². The molecule has 1 heterocycles. The van der Waals surface area contributed by atoms with E-state index in [0.717, 1.165) is 37.6 Å². The second-order valence-electron chi connectivity index (χ2n) is 8.09. The van der Waals surface area contributed by atoms with Crippen LogP contribution in [0.2, 0.25) is 0 Å². The molecule has 2 aromatic rings. The third kappa shape index (κ3) is 6.88. The monoisotopic (exact) mass is 449 g/mol. The zero-order chi connectivity index (χ0) is 22.9. The Bertz CT molecular complexity index is 871. The highest BCUT2D eigenvalue weighted by molar-refractivity contribution is 5.74. The fourth-order valence-corrected chi connectivity index (χ4v) is 3.73. The van der Waals surface area contributed by atoms with Crippen LogP contribution in [0, 0.1) is 11.6 Å². The van der Waals surface area contributed by atoms with E-state index < -0.39 is 18.3 Å². The minimum atomic E-state index is -0.654. The fourth-order valence-electron chi connectivity index (χ4n) is 3.73. The molecule has 0 spiro atoms. The van der Waals surface area contributed by atoms with Crippen molar-refractivity contribution >= 4 is 6.03 Å². The van der Waals surface area contributed by atoms with Crippen LogP contribution in [-0.4, -0.2) is 55.3 Å².